The zero-order valence-electron chi connectivity index (χ0n) is 27.5. The number of nitrogens with zero attached hydrogens (tertiary/aromatic N) is 4. The van der Waals surface area contributed by atoms with Crippen LogP contribution in [0.5, 0.6) is 5.75 Å². The van der Waals surface area contributed by atoms with Crippen molar-refractivity contribution in [3.8, 4) is 5.75 Å². The van der Waals surface area contributed by atoms with Crippen LogP contribution in [0.3, 0.4) is 0 Å². The van der Waals surface area contributed by atoms with E-state index >= 15 is 0 Å². The molecule has 0 bridgehead atoms. The fourth-order valence-corrected chi connectivity index (χ4v) is 5.93. The molecule has 9 heteroatoms. The zero-order chi connectivity index (χ0) is 32.5. The van der Waals surface area contributed by atoms with E-state index in [1.165, 1.54) is 5.56 Å². The van der Waals surface area contributed by atoms with Gasteiger partial charge in [0.15, 0.2) is 0 Å². The highest BCUT2D eigenvalue weighted by Gasteiger charge is 2.22. The monoisotopic (exact) mass is 622 g/mol. The Morgan fingerprint density at radius 3 is 2.37 bits per heavy atom. The number of likely N-dealkylation sites (N-methyl/N-ethyl adjacent to an activating group) is 2. The molecule has 1 fully saturated rings. The summed E-state index contributed by atoms with van der Waals surface area (Å²) < 4.78 is 5.58. The largest absolute Gasteiger partial charge is 0.494 e. The number of amides is 2. The molecule has 1 saturated heterocycles. The Bertz CT molecular complexity index is 1600. The first-order valence-corrected chi connectivity index (χ1v) is 16.2. The molecule has 1 aromatic heterocycles. The first-order valence-electron chi connectivity index (χ1n) is 16.2. The Morgan fingerprint density at radius 1 is 0.957 bits per heavy atom. The second-order valence-corrected chi connectivity index (χ2v) is 12.2. The van der Waals surface area contributed by atoms with Crippen molar-refractivity contribution in [2.24, 2.45) is 0 Å². The van der Waals surface area contributed by atoms with Gasteiger partial charge in [-0.3, -0.25) is 19.5 Å². The fraction of sp³-hybridized carbons (Fsp3) is 0.378. The Labute approximate surface area is 272 Å². The lowest BCUT2D eigenvalue weighted by atomic mass is 10.0. The van der Waals surface area contributed by atoms with Crippen LogP contribution in [0.1, 0.15) is 41.3 Å². The van der Waals surface area contributed by atoms with E-state index in [1.807, 2.05) is 74.4 Å². The average molecular weight is 623 g/mol. The Hall–Kier alpha value is -4.47. The van der Waals surface area contributed by atoms with Crippen molar-refractivity contribution in [3.63, 3.8) is 0 Å². The molecule has 0 atom stereocenters. The van der Waals surface area contributed by atoms with Gasteiger partial charge in [0.25, 0.3) is 5.91 Å². The third-order valence-electron chi connectivity index (χ3n) is 8.64. The van der Waals surface area contributed by atoms with Gasteiger partial charge in [-0.15, -0.1) is 0 Å². The number of nitrogens with one attached hydrogen (secondary N) is 2. The number of carbonyl (C=O) groups excluding carboxylic acids is 2. The second kappa shape index (κ2) is 15.7. The van der Waals surface area contributed by atoms with E-state index in [1.54, 1.807) is 13.3 Å². The number of para-hydroxylation sites is 1. The number of piperidine rings is 1. The van der Waals surface area contributed by atoms with Crippen LogP contribution in [0.2, 0.25) is 0 Å². The number of benzene rings is 3. The van der Waals surface area contributed by atoms with Gasteiger partial charge in [-0.2, -0.15) is 0 Å². The van der Waals surface area contributed by atoms with Gasteiger partial charge in [0.2, 0.25) is 5.91 Å². The molecule has 1 aliphatic rings. The molecule has 46 heavy (non-hydrogen) atoms. The number of anilines is 2. The quantitative estimate of drug-likeness (QED) is 0.208. The molecule has 0 saturated carbocycles. The lowest BCUT2D eigenvalue weighted by molar-refractivity contribution is -0.130. The molecule has 0 radical (unpaired) electrons. The lowest BCUT2D eigenvalue weighted by Crippen LogP contribution is -2.44. The summed E-state index contributed by atoms with van der Waals surface area (Å²) >= 11 is 0. The smallest absolute Gasteiger partial charge is 0.251 e. The maximum atomic E-state index is 13.4. The van der Waals surface area contributed by atoms with Gasteiger partial charge in [0.1, 0.15) is 11.3 Å². The number of carbonyl (C=O) groups is 2. The summed E-state index contributed by atoms with van der Waals surface area (Å²) in [5, 5.41) is 7.64. The summed E-state index contributed by atoms with van der Waals surface area (Å²) in [6, 6.07) is 24.0. The number of hydrogen-bond acceptors (Lipinski definition) is 7. The summed E-state index contributed by atoms with van der Waals surface area (Å²) in [4.78, 5) is 37.6. The van der Waals surface area contributed by atoms with Crippen LogP contribution >= 0.6 is 0 Å². The summed E-state index contributed by atoms with van der Waals surface area (Å²) in [6.07, 6.45) is 3.85. The maximum absolute atomic E-state index is 13.4. The molecular weight excluding hydrogens is 576 g/mol. The number of pyridine rings is 1. The van der Waals surface area contributed by atoms with Crippen molar-refractivity contribution in [1.82, 2.24) is 25.0 Å². The molecule has 242 valence electrons. The minimum atomic E-state index is -0.0594. The van der Waals surface area contributed by atoms with Crippen molar-refractivity contribution in [3.05, 3.63) is 95.7 Å². The number of methoxy groups -OCH3 is 1. The molecule has 2 heterocycles. The Morgan fingerprint density at radius 2 is 1.70 bits per heavy atom. The number of aromatic nitrogens is 1. The highest BCUT2D eigenvalue weighted by Crippen LogP contribution is 2.34. The topological polar surface area (TPSA) is 90.0 Å². The first-order chi connectivity index (χ1) is 22.3. The van der Waals surface area contributed by atoms with E-state index in [9.17, 15) is 9.59 Å². The van der Waals surface area contributed by atoms with Crippen LogP contribution in [0.4, 0.5) is 11.4 Å². The predicted molar refractivity (Wildman–Crippen MR) is 185 cm³/mol. The molecule has 0 aliphatic carbocycles. The van der Waals surface area contributed by atoms with Crippen molar-refractivity contribution in [2.45, 2.75) is 38.8 Å². The van der Waals surface area contributed by atoms with E-state index in [4.69, 9.17) is 4.74 Å². The fourth-order valence-electron chi connectivity index (χ4n) is 5.93. The average Bonchev–Trinajstić information content (AvgIpc) is 3.07. The summed E-state index contributed by atoms with van der Waals surface area (Å²) in [5.74, 6) is 0.655. The van der Waals surface area contributed by atoms with Crippen molar-refractivity contribution in [1.29, 1.82) is 0 Å². The molecule has 5 rings (SSSR count). The molecule has 0 spiro atoms. The molecule has 0 unspecified atom stereocenters. The van der Waals surface area contributed by atoms with Crippen LogP contribution in [0.25, 0.3) is 10.9 Å². The highest BCUT2D eigenvalue weighted by molar-refractivity contribution is 5.99. The molecule has 1 aliphatic heterocycles. The summed E-state index contributed by atoms with van der Waals surface area (Å²) in [5.41, 5.74) is 5.08. The van der Waals surface area contributed by atoms with E-state index < -0.39 is 0 Å². The lowest BCUT2D eigenvalue weighted by Gasteiger charge is -2.32. The van der Waals surface area contributed by atoms with Crippen LogP contribution in [0, 0.1) is 0 Å². The van der Waals surface area contributed by atoms with Crippen LogP contribution in [0.15, 0.2) is 79.0 Å². The van der Waals surface area contributed by atoms with Crippen LogP contribution in [-0.2, 0) is 17.8 Å². The van der Waals surface area contributed by atoms with Gasteiger partial charge in [-0.05, 0) is 69.8 Å². The molecule has 4 aromatic rings. The van der Waals surface area contributed by atoms with Gasteiger partial charge >= 0.3 is 0 Å². The molecule has 2 N–H and O–H groups in total. The van der Waals surface area contributed by atoms with E-state index in [0.29, 0.717) is 24.4 Å². The van der Waals surface area contributed by atoms with Crippen LogP contribution < -0.4 is 15.4 Å². The van der Waals surface area contributed by atoms with Gasteiger partial charge in [0, 0.05) is 73.7 Å². The van der Waals surface area contributed by atoms with Gasteiger partial charge in [-0.1, -0.05) is 42.5 Å². The van der Waals surface area contributed by atoms with Crippen molar-refractivity contribution >= 4 is 34.1 Å². The third kappa shape index (κ3) is 8.41. The van der Waals surface area contributed by atoms with E-state index in [-0.39, 0.29) is 24.3 Å². The van der Waals surface area contributed by atoms with E-state index in [2.05, 4.69) is 49.7 Å². The van der Waals surface area contributed by atoms with Gasteiger partial charge in [-0.25, -0.2) is 0 Å². The van der Waals surface area contributed by atoms with Crippen molar-refractivity contribution in [2.75, 3.05) is 59.2 Å². The number of hydrogen-bond donors (Lipinski definition) is 2. The van der Waals surface area contributed by atoms with Crippen molar-refractivity contribution < 1.29 is 14.3 Å². The molecule has 3 aromatic carbocycles. The number of rotatable bonds is 13. The minimum Gasteiger partial charge on any atom is -0.494 e. The standard InChI is InChI=1S/C37H46N6O3/c1-5-43(23-22-41(2)3)34(44)24-29-25-38-36-32(12-9-13-33(36)46-4)35(29)39-30-16-14-28(15-17-30)37(45)40-31-18-20-42(21-19-31)26-27-10-7-6-8-11-27/h6-17,25,31H,5,18-24,26H2,1-4H3,(H,38,39)(H,40,45). The molecular formula is C37H46N6O3. The minimum absolute atomic E-state index is 0.0503. The SMILES string of the molecule is CCN(CCN(C)C)C(=O)Cc1cnc2c(OC)cccc2c1Nc1ccc(C(=O)NC2CCN(Cc3ccccc3)CC2)cc1. The number of ether oxygens (including phenoxy) is 1. The first kappa shape index (κ1) is 32.9. The third-order valence-corrected chi connectivity index (χ3v) is 8.64. The maximum Gasteiger partial charge on any atom is 0.251 e. The van der Waals surface area contributed by atoms with Gasteiger partial charge in [0.05, 0.1) is 19.2 Å². The normalized spacial score (nSPS) is 13.9. The number of fused-ring (bicyclic) bond motifs is 1. The highest BCUT2D eigenvalue weighted by atomic mass is 16.5. The van der Waals surface area contributed by atoms with E-state index in [0.717, 1.165) is 66.9 Å². The summed E-state index contributed by atoms with van der Waals surface area (Å²) in [7, 11) is 5.64. The van der Waals surface area contributed by atoms with Crippen LogP contribution in [-0.4, -0.2) is 91.5 Å². The zero-order valence-corrected chi connectivity index (χ0v) is 27.5. The second-order valence-electron chi connectivity index (χ2n) is 12.2. The van der Waals surface area contributed by atoms with Gasteiger partial charge < -0.3 is 25.2 Å². The Balaban J connectivity index is 1.27. The molecule has 2 amide bonds. The number of likely N-dealkylation sites (tertiary alicyclic amines) is 1. The Kier molecular flexibility index (Phi) is 11.2. The molecule has 9 nitrogen and oxygen atoms in total. The predicted octanol–water partition coefficient (Wildman–Crippen LogP) is 5.33. The summed E-state index contributed by atoms with van der Waals surface area (Å²) in [6.45, 7) is 6.97.